The Morgan fingerprint density at radius 3 is 2.31 bits per heavy atom. The number of aliphatic hydroxyl groups excluding tert-OH is 1. The second-order valence-corrected chi connectivity index (χ2v) is 10.5. The third kappa shape index (κ3) is 4.37. The van der Waals surface area contributed by atoms with Crippen molar-refractivity contribution < 1.29 is 51.7 Å². The van der Waals surface area contributed by atoms with Crippen LogP contribution in [0.1, 0.15) is 55.9 Å². The van der Waals surface area contributed by atoms with E-state index in [1.54, 1.807) is 13.8 Å². The van der Waals surface area contributed by atoms with Crippen molar-refractivity contribution in [2.24, 2.45) is 11.8 Å². The summed E-state index contributed by atoms with van der Waals surface area (Å²) in [6.45, 7) is 2.14. The first-order chi connectivity index (χ1) is 18.0. The zero-order valence-corrected chi connectivity index (χ0v) is 21.4. The highest BCUT2D eigenvalue weighted by Gasteiger charge is 2.61. The van der Waals surface area contributed by atoms with Gasteiger partial charge in [-0.3, -0.25) is 14.4 Å². The smallest absolute Gasteiger partial charge is 0.454 e. The van der Waals surface area contributed by atoms with Crippen LogP contribution in [0.4, 0.5) is 22.0 Å². The lowest BCUT2D eigenvalue weighted by atomic mass is 9.57. The molecule has 212 valence electrons. The van der Waals surface area contributed by atoms with E-state index in [0.717, 1.165) is 6.92 Å². The molecule has 1 aromatic rings. The Labute approximate surface area is 220 Å². The molecule has 0 amide bonds. The summed E-state index contributed by atoms with van der Waals surface area (Å²) in [6, 6.07) is 1.45. The van der Waals surface area contributed by atoms with Gasteiger partial charge in [-0.15, -0.1) is 0 Å². The molecular formula is C27H28F5NO6. The number of ketones is 3. The number of aryl methyl sites for hydroxylation is 1. The number of hydrogen-bond donors (Lipinski definition) is 4. The Kier molecular flexibility index (Phi) is 7.04. The maximum absolute atomic E-state index is 13.6. The Morgan fingerprint density at radius 1 is 1.10 bits per heavy atom. The molecule has 0 aliphatic heterocycles. The van der Waals surface area contributed by atoms with Gasteiger partial charge in [0.15, 0.2) is 11.4 Å². The van der Waals surface area contributed by atoms with Gasteiger partial charge < -0.3 is 20.6 Å². The number of aliphatic hydroxyl groups is 2. The van der Waals surface area contributed by atoms with Crippen molar-refractivity contribution in [2.75, 3.05) is 6.54 Å². The van der Waals surface area contributed by atoms with Crippen LogP contribution in [-0.4, -0.2) is 56.9 Å². The Hall–Kier alpha value is -3.12. The van der Waals surface area contributed by atoms with E-state index in [9.17, 15) is 51.7 Å². The van der Waals surface area contributed by atoms with Gasteiger partial charge in [-0.1, -0.05) is 18.6 Å². The topological polar surface area (TPSA) is 124 Å². The number of Topliss-reactive ketones (excluding diaryl/α,β-unsaturated/α-hetero) is 3. The highest BCUT2D eigenvalue weighted by Crippen LogP contribution is 2.52. The highest BCUT2D eigenvalue weighted by molar-refractivity contribution is 6.33. The number of fused-ring (bicyclic) bond motifs is 3. The van der Waals surface area contributed by atoms with Crippen molar-refractivity contribution in [2.45, 2.75) is 70.7 Å². The maximum Gasteiger partial charge on any atom is 0.454 e. The van der Waals surface area contributed by atoms with E-state index < -0.39 is 71.5 Å². The molecule has 0 saturated heterocycles. The van der Waals surface area contributed by atoms with Crippen molar-refractivity contribution in [3.63, 3.8) is 0 Å². The summed E-state index contributed by atoms with van der Waals surface area (Å²) in [5, 5.41) is 35.6. The summed E-state index contributed by atoms with van der Waals surface area (Å²) < 4.78 is 64.2. The van der Waals surface area contributed by atoms with Crippen LogP contribution in [0.5, 0.6) is 5.75 Å². The summed E-state index contributed by atoms with van der Waals surface area (Å²) in [5.74, 6) is -10.5. The molecule has 0 radical (unpaired) electrons. The lowest BCUT2D eigenvalue weighted by molar-refractivity contribution is -0.279. The fraction of sp³-hybridized carbons (Fsp3) is 0.519. The SMILES string of the molecule is CCc1cc(CNCC(F)(F)C(F)(F)F)c(O)c2c1C[C@H]1C[C@H]3CC(C)=C(C(C)=O)C(=O)[C@@]3(O)C(=O)C1=C2O. The quantitative estimate of drug-likeness (QED) is 0.238. The van der Waals surface area contributed by atoms with E-state index >= 15 is 0 Å². The molecule has 39 heavy (non-hydrogen) atoms. The molecule has 0 spiro atoms. The monoisotopic (exact) mass is 557 g/mol. The summed E-state index contributed by atoms with van der Waals surface area (Å²) in [6.07, 6.45) is -5.00. The van der Waals surface area contributed by atoms with Crippen molar-refractivity contribution in [3.8, 4) is 5.75 Å². The number of rotatable bonds is 6. The van der Waals surface area contributed by atoms with Crippen LogP contribution >= 0.6 is 0 Å². The van der Waals surface area contributed by atoms with Gasteiger partial charge in [0.1, 0.15) is 11.5 Å². The first-order valence-electron chi connectivity index (χ1n) is 12.4. The number of aromatic hydroxyl groups is 1. The molecule has 0 aromatic heterocycles. The van der Waals surface area contributed by atoms with Gasteiger partial charge in [0.2, 0.25) is 11.6 Å². The van der Waals surface area contributed by atoms with Crippen LogP contribution < -0.4 is 5.32 Å². The van der Waals surface area contributed by atoms with Gasteiger partial charge in [-0.25, -0.2) is 0 Å². The number of halogens is 5. The molecule has 1 aromatic carbocycles. The largest absolute Gasteiger partial charge is 0.507 e. The van der Waals surface area contributed by atoms with Gasteiger partial charge in [-0.2, -0.15) is 22.0 Å². The Bertz CT molecular complexity index is 1340. The predicted molar refractivity (Wildman–Crippen MR) is 128 cm³/mol. The number of phenolic OH excluding ortho intramolecular Hbond substituents is 1. The molecule has 1 fully saturated rings. The molecule has 0 unspecified atom stereocenters. The summed E-state index contributed by atoms with van der Waals surface area (Å²) in [4.78, 5) is 38.9. The van der Waals surface area contributed by atoms with Gasteiger partial charge in [0.05, 0.1) is 17.7 Å². The minimum Gasteiger partial charge on any atom is -0.507 e. The second kappa shape index (κ2) is 9.51. The third-order valence-corrected chi connectivity index (χ3v) is 8.04. The Morgan fingerprint density at radius 2 is 1.74 bits per heavy atom. The standard InChI is InChI=1S/C27H28F5NO6/c1-4-13-6-15(9-33-10-25(28,29)27(30,31)32)21(35)20-17(13)8-14-7-16-5-11(2)18(12(3)34)23(37)26(16,39)24(38)19(14)22(20)36/h6,14,16,33,35-36,39H,4-5,7-10H2,1-3H3/t14-,16-,26-/m1/s1. The van der Waals surface area contributed by atoms with Crippen LogP contribution in [0.3, 0.4) is 0 Å². The second-order valence-electron chi connectivity index (χ2n) is 10.5. The molecule has 4 N–H and O–H groups in total. The fourth-order valence-corrected chi connectivity index (χ4v) is 6.13. The van der Waals surface area contributed by atoms with Crippen LogP contribution in [0.2, 0.25) is 0 Å². The van der Waals surface area contributed by atoms with Gasteiger partial charge >= 0.3 is 12.1 Å². The number of carbonyl (C=O) groups is 3. The number of carbonyl (C=O) groups excluding carboxylic acids is 3. The lowest BCUT2D eigenvalue weighted by Crippen LogP contribution is -2.61. The zero-order chi connectivity index (χ0) is 29.2. The predicted octanol–water partition coefficient (Wildman–Crippen LogP) is 3.88. The van der Waals surface area contributed by atoms with Crippen molar-refractivity contribution in [1.82, 2.24) is 5.32 Å². The van der Waals surface area contributed by atoms with Gasteiger partial charge in [-0.05, 0) is 56.6 Å². The van der Waals surface area contributed by atoms with Crippen molar-refractivity contribution in [1.29, 1.82) is 0 Å². The first kappa shape index (κ1) is 28.9. The lowest BCUT2D eigenvalue weighted by Gasteiger charge is -2.46. The molecule has 12 heteroatoms. The first-order valence-corrected chi connectivity index (χ1v) is 12.4. The van der Waals surface area contributed by atoms with Crippen LogP contribution in [0, 0.1) is 11.8 Å². The third-order valence-electron chi connectivity index (χ3n) is 8.04. The number of nitrogens with one attached hydrogen (secondary N) is 1. The fourth-order valence-electron chi connectivity index (χ4n) is 6.13. The minimum atomic E-state index is -5.77. The summed E-state index contributed by atoms with van der Waals surface area (Å²) >= 11 is 0. The summed E-state index contributed by atoms with van der Waals surface area (Å²) in [5.41, 5.74) is -1.90. The molecule has 3 atom stereocenters. The van der Waals surface area contributed by atoms with Crippen molar-refractivity contribution >= 4 is 23.1 Å². The molecule has 1 saturated carbocycles. The number of phenols is 1. The van der Waals surface area contributed by atoms with E-state index in [1.165, 1.54) is 6.07 Å². The van der Waals surface area contributed by atoms with Crippen LogP contribution in [0.15, 0.2) is 22.8 Å². The molecule has 7 nitrogen and oxygen atoms in total. The average molecular weight is 558 g/mol. The molecule has 4 rings (SSSR count). The molecular weight excluding hydrogens is 529 g/mol. The van der Waals surface area contributed by atoms with E-state index in [2.05, 4.69) is 0 Å². The average Bonchev–Trinajstić information content (AvgIpc) is 2.81. The number of hydrogen-bond acceptors (Lipinski definition) is 7. The van der Waals surface area contributed by atoms with E-state index in [0.29, 0.717) is 23.1 Å². The minimum absolute atomic E-state index is 0.0832. The van der Waals surface area contributed by atoms with Crippen LogP contribution in [-0.2, 0) is 33.8 Å². The van der Waals surface area contributed by atoms with Crippen LogP contribution in [0.25, 0.3) is 5.76 Å². The van der Waals surface area contributed by atoms with E-state index in [4.69, 9.17) is 0 Å². The van der Waals surface area contributed by atoms with Gasteiger partial charge in [0.25, 0.3) is 0 Å². The Balaban J connectivity index is 1.76. The molecule has 0 heterocycles. The zero-order valence-electron chi connectivity index (χ0n) is 21.4. The molecule has 3 aliphatic carbocycles. The maximum atomic E-state index is 13.6. The number of alkyl halides is 5. The van der Waals surface area contributed by atoms with E-state index in [1.807, 2.05) is 5.32 Å². The highest BCUT2D eigenvalue weighted by atomic mass is 19.4. The summed E-state index contributed by atoms with van der Waals surface area (Å²) in [7, 11) is 0. The van der Waals surface area contributed by atoms with Crippen molar-refractivity contribution in [3.05, 3.63) is 45.0 Å². The van der Waals surface area contributed by atoms with Gasteiger partial charge in [0, 0.05) is 23.6 Å². The number of allylic oxidation sites excluding steroid dienone is 1. The van der Waals surface area contributed by atoms with E-state index in [-0.39, 0.29) is 41.5 Å². The normalized spacial score (nSPS) is 25.5. The molecule has 3 aliphatic rings. The number of benzene rings is 1. The molecule has 0 bridgehead atoms.